The van der Waals surface area contributed by atoms with Crippen LogP contribution in [0.5, 0.6) is 5.75 Å². The summed E-state index contributed by atoms with van der Waals surface area (Å²) in [6.45, 7) is 8.92. The Balaban J connectivity index is 2.94. The van der Waals surface area contributed by atoms with Gasteiger partial charge in [-0.3, -0.25) is 0 Å². The van der Waals surface area contributed by atoms with Crippen LogP contribution in [-0.2, 0) is 10.0 Å². The van der Waals surface area contributed by atoms with Gasteiger partial charge in [0.2, 0.25) is 10.0 Å². The molecule has 0 atom stereocenters. The monoisotopic (exact) mass is 298 g/mol. The first-order valence-corrected chi connectivity index (χ1v) is 7.93. The summed E-state index contributed by atoms with van der Waals surface area (Å²) in [5.74, 6) is 0.609. The Kier molecular flexibility index (Phi) is 6.19. The van der Waals surface area contributed by atoms with Crippen LogP contribution in [0.15, 0.2) is 41.3 Å². The van der Waals surface area contributed by atoms with Crippen LogP contribution in [0, 0.1) is 0 Å². The van der Waals surface area contributed by atoms with Gasteiger partial charge in [-0.2, -0.15) is 4.31 Å². The van der Waals surface area contributed by atoms with E-state index in [1.807, 2.05) is 6.92 Å². The van der Waals surface area contributed by atoms with Crippen molar-refractivity contribution in [1.82, 2.24) is 4.31 Å². The zero-order valence-corrected chi connectivity index (χ0v) is 12.8. The van der Waals surface area contributed by atoms with E-state index >= 15 is 0 Å². The summed E-state index contributed by atoms with van der Waals surface area (Å²) in [6, 6.07) is 6.36. The average molecular weight is 298 g/mol. The number of hydrogen-bond acceptors (Lipinski definition) is 4. The number of rotatable bonds is 8. The lowest BCUT2D eigenvalue weighted by molar-refractivity contribution is 0.328. The summed E-state index contributed by atoms with van der Waals surface area (Å²) in [5, 5.41) is 0. The van der Waals surface area contributed by atoms with E-state index in [2.05, 4.69) is 6.58 Å². The van der Waals surface area contributed by atoms with Gasteiger partial charge in [0.25, 0.3) is 0 Å². The first-order chi connectivity index (χ1) is 9.41. The molecule has 0 saturated heterocycles. The second-order valence-corrected chi connectivity index (χ2v) is 6.43. The number of likely N-dealkylation sites (N-methyl/N-ethyl adjacent to an activating group) is 1. The molecule has 6 heteroatoms. The molecule has 0 aliphatic rings. The topological polar surface area (TPSA) is 72.6 Å². The van der Waals surface area contributed by atoms with E-state index in [1.165, 1.54) is 4.31 Å². The Morgan fingerprint density at radius 3 is 2.40 bits per heavy atom. The quantitative estimate of drug-likeness (QED) is 0.740. The lowest BCUT2D eigenvalue weighted by Gasteiger charge is -2.20. The minimum Gasteiger partial charge on any atom is -0.492 e. The maximum Gasteiger partial charge on any atom is 0.243 e. The first-order valence-electron chi connectivity index (χ1n) is 6.49. The van der Waals surface area contributed by atoms with Crippen LogP contribution < -0.4 is 10.5 Å². The molecule has 5 nitrogen and oxygen atoms in total. The third-order valence-electron chi connectivity index (χ3n) is 2.65. The van der Waals surface area contributed by atoms with Crippen molar-refractivity contribution in [2.45, 2.75) is 18.7 Å². The summed E-state index contributed by atoms with van der Waals surface area (Å²) in [7, 11) is -3.49. The maximum absolute atomic E-state index is 12.4. The van der Waals surface area contributed by atoms with E-state index in [0.29, 0.717) is 32.0 Å². The smallest absolute Gasteiger partial charge is 0.243 e. The normalized spacial score (nSPS) is 11.6. The van der Waals surface area contributed by atoms with Crippen LogP contribution in [0.2, 0.25) is 0 Å². The maximum atomic E-state index is 12.4. The SMILES string of the molecule is C=C(C)CN(CC)S(=O)(=O)c1ccc(OCCN)cc1. The summed E-state index contributed by atoms with van der Waals surface area (Å²) >= 11 is 0. The van der Waals surface area contributed by atoms with Crippen LogP contribution in [0.3, 0.4) is 0 Å². The number of nitrogens with two attached hydrogens (primary N) is 1. The Hall–Kier alpha value is -1.37. The molecule has 112 valence electrons. The molecule has 0 aliphatic heterocycles. The summed E-state index contributed by atoms with van der Waals surface area (Å²) in [4.78, 5) is 0.251. The number of benzene rings is 1. The number of hydrogen-bond donors (Lipinski definition) is 1. The molecule has 1 aromatic carbocycles. The molecule has 0 fully saturated rings. The Morgan fingerprint density at radius 2 is 1.95 bits per heavy atom. The van der Waals surface area contributed by atoms with E-state index in [0.717, 1.165) is 5.57 Å². The Bertz CT molecular complexity index is 538. The van der Waals surface area contributed by atoms with Crippen LogP contribution in [0.1, 0.15) is 13.8 Å². The Morgan fingerprint density at radius 1 is 1.35 bits per heavy atom. The predicted molar refractivity (Wildman–Crippen MR) is 80.2 cm³/mol. The molecular formula is C14H22N2O3S. The fraction of sp³-hybridized carbons (Fsp3) is 0.429. The highest BCUT2D eigenvalue weighted by atomic mass is 32.2. The highest BCUT2D eigenvalue weighted by molar-refractivity contribution is 7.89. The van der Waals surface area contributed by atoms with Gasteiger partial charge in [-0.25, -0.2) is 8.42 Å². The molecule has 0 aliphatic carbocycles. The fourth-order valence-electron chi connectivity index (χ4n) is 1.70. The van der Waals surface area contributed by atoms with Crippen molar-refractivity contribution in [2.75, 3.05) is 26.2 Å². The molecule has 20 heavy (non-hydrogen) atoms. The van der Waals surface area contributed by atoms with E-state index in [-0.39, 0.29) is 4.90 Å². The number of sulfonamides is 1. The Labute approximate surface area is 121 Å². The largest absolute Gasteiger partial charge is 0.492 e. The van der Waals surface area contributed by atoms with Crippen molar-refractivity contribution < 1.29 is 13.2 Å². The zero-order chi connectivity index (χ0) is 15.2. The highest BCUT2D eigenvalue weighted by Crippen LogP contribution is 2.20. The molecule has 0 saturated carbocycles. The van der Waals surface area contributed by atoms with Crippen molar-refractivity contribution in [3.63, 3.8) is 0 Å². The van der Waals surface area contributed by atoms with Gasteiger partial charge in [-0.05, 0) is 31.2 Å². The van der Waals surface area contributed by atoms with Crippen LogP contribution in [-0.4, -0.2) is 39.0 Å². The van der Waals surface area contributed by atoms with Crippen molar-refractivity contribution in [2.24, 2.45) is 5.73 Å². The van der Waals surface area contributed by atoms with Crippen LogP contribution in [0.4, 0.5) is 0 Å². The van der Waals surface area contributed by atoms with Crippen molar-refractivity contribution in [3.8, 4) is 5.75 Å². The molecule has 0 radical (unpaired) electrons. The molecular weight excluding hydrogens is 276 g/mol. The number of ether oxygens (including phenoxy) is 1. The fourth-order valence-corrected chi connectivity index (χ4v) is 3.21. The summed E-state index contributed by atoms with van der Waals surface area (Å²) in [5.41, 5.74) is 6.15. The van der Waals surface area contributed by atoms with Crippen LogP contribution >= 0.6 is 0 Å². The van der Waals surface area contributed by atoms with Crippen molar-refractivity contribution in [1.29, 1.82) is 0 Å². The standard InChI is InChI=1S/C14H22N2O3S/c1-4-16(11-12(2)3)20(17,18)14-7-5-13(6-8-14)19-10-9-15/h5-8H,2,4,9-11,15H2,1,3H3. The third kappa shape index (κ3) is 4.33. The van der Waals surface area contributed by atoms with E-state index in [4.69, 9.17) is 10.5 Å². The van der Waals surface area contributed by atoms with Gasteiger partial charge in [0.15, 0.2) is 0 Å². The van der Waals surface area contributed by atoms with Crippen molar-refractivity contribution >= 4 is 10.0 Å². The van der Waals surface area contributed by atoms with Gasteiger partial charge >= 0.3 is 0 Å². The van der Waals surface area contributed by atoms with Crippen LogP contribution in [0.25, 0.3) is 0 Å². The van der Waals surface area contributed by atoms with E-state index in [9.17, 15) is 8.42 Å². The third-order valence-corrected chi connectivity index (χ3v) is 4.58. The molecule has 0 heterocycles. The van der Waals surface area contributed by atoms with E-state index in [1.54, 1.807) is 31.2 Å². The lowest BCUT2D eigenvalue weighted by Crippen LogP contribution is -2.32. The van der Waals surface area contributed by atoms with Gasteiger partial charge in [-0.1, -0.05) is 19.1 Å². The van der Waals surface area contributed by atoms with Crippen molar-refractivity contribution in [3.05, 3.63) is 36.4 Å². The molecule has 1 aromatic rings. The molecule has 1 rings (SSSR count). The number of nitrogens with zero attached hydrogens (tertiary/aromatic N) is 1. The lowest BCUT2D eigenvalue weighted by atomic mass is 10.3. The second kappa shape index (κ2) is 7.42. The molecule has 0 unspecified atom stereocenters. The summed E-state index contributed by atoms with van der Waals surface area (Å²) in [6.07, 6.45) is 0. The van der Waals surface area contributed by atoms with Gasteiger partial charge in [0.1, 0.15) is 12.4 Å². The second-order valence-electron chi connectivity index (χ2n) is 4.50. The molecule has 0 spiro atoms. The molecule has 0 aromatic heterocycles. The summed E-state index contributed by atoms with van der Waals surface area (Å²) < 4.78 is 31.6. The average Bonchev–Trinajstić information content (AvgIpc) is 2.42. The van der Waals surface area contributed by atoms with Gasteiger partial charge in [0.05, 0.1) is 4.90 Å². The molecule has 0 amide bonds. The molecule has 2 N–H and O–H groups in total. The van der Waals surface area contributed by atoms with Gasteiger partial charge in [-0.15, -0.1) is 0 Å². The zero-order valence-electron chi connectivity index (χ0n) is 12.0. The van der Waals surface area contributed by atoms with E-state index < -0.39 is 10.0 Å². The predicted octanol–water partition coefficient (Wildman–Crippen LogP) is 1.61. The van der Waals surface area contributed by atoms with Gasteiger partial charge < -0.3 is 10.5 Å². The molecule has 0 bridgehead atoms. The van der Waals surface area contributed by atoms with Gasteiger partial charge in [0, 0.05) is 19.6 Å². The minimum atomic E-state index is -3.49. The highest BCUT2D eigenvalue weighted by Gasteiger charge is 2.22. The minimum absolute atomic E-state index is 0.251. The first kappa shape index (κ1) is 16.7.